The highest BCUT2D eigenvalue weighted by atomic mass is 35.5. The van der Waals surface area contributed by atoms with Gasteiger partial charge in [-0.25, -0.2) is 9.18 Å². The molecule has 1 fully saturated rings. The zero-order chi connectivity index (χ0) is 22.2. The van der Waals surface area contributed by atoms with E-state index in [-0.39, 0.29) is 18.0 Å². The van der Waals surface area contributed by atoms with Crippen molar-refractivity contribution in [2.45, 2.75) is 51.7 Å². The molecule has 2 aromatic carbocycles. The molecule has 1 atom stereocenters. The van der Waals surface area contributed by atoms with E-state index < -0.39 is 5.60 Å². The van der Waals surface area contributed by atoms with Gasteiger partial charge in [-0.05, 0) is 69.9 Å². The maximum atomic E-state index is 14.7. The molecule has 164 valence electrons. The molecule has 4 nitrogen and oxygen atoms in total. The van der Waals surface area contributed by atoms with Gasteiger partial charge in [0, 0.05) is 28.3 Å². The van der Waals surface area contributed by atoms with Crippen LogP contribution in [-0.2, 0) is 4.74 Å². The van der Waals surface area contributed by atoms with Gasteiger partial charge in [-0.1, -0.05) is 29.8 Å². The Morgan fingerprint density at radius 3 is 2.74 bits per heavy atom. The molecule has 0 bridgehead atoms. The van der Waals surface area contributed by atoms with Crippen LogP contribution in [0.5, 0.6) is 5.75 Å². The molecule has 0 aliphatic carbocycles. The number of rotatable bonds is 2. The van der Waals surface area contributed by atoms with E-state index in [4.69, 9.17) is 21.1 Å². The van der Waals surface area contributed by atoms with Crippen molar-refractivity contribution in [2.24, 2.45) is 0 Å². The minimum absolute atomic E-state index is 0.145. The summed E-state index contributed by atoms with van der Waals surface area (Å²) in [5, 5.41) is 0.359. The Hall–Kier alpha value is -2.53. The first-order valence-corrected chi connectivity index (χ1v) is 11.0. The minimum Gasteiger partial charge on any atom is -0.488 e. The smallest absolute Gasteiger partial charge is 0.410 e. The zero-order valence-electron chi connectivity index (χ0n) is 18.1. The van der Waals surface area contributed by atoms with Gasteiger partial charge in [0.2, 0.25) is 0 Å². The SMILES string of the molecule is CC(C)(C)OC(=O)N1CCCCC1c1cccc2c1OCC=C2c1ccc(Cl)cc1F. The number of amides is 1. The fourth-order valence-electron chi connectivity index (χ4n) is 4.27. The highest BCUT2D eigenvalue weighted by Crippen LogP contribution is 2.43. The first kappa shape index (κ1) is 21.7. The Labute approximate surface area is 187 Å². The van der Waals surface area contributed by atoms with Crippen LogP contribution in [0.25, 0.3) is 5.57 Å². The summed E-state index contributed by atoms with van der Waals surface area (Å²) in [5.41, 5.74) is 2.45. The van der Waals surface area contributed by atoms with Crippen LogP contribution < -0.4 is 4.74 Å². The quantitative estimate of drug-likeness (QED) is 0.514. The lowest BCUT2D eigenvalue weighted by Gasteiger charge is -2.38. The van der Waals surface area contributed by atoms with E-state index in [2.05, 4.69) is 0 Å². The number of hydrogen-bond acceptors (Lipinski definition) is 3. The molecule has 2 aromatic rings. The van der Waals surface area contributed by atoms with Gasteiger partial charge in [-0.15, -0.1) is 0 Å². The van der Waals surface area contributed by atoms with Crippen molar-refractivity contribution in [3.05, 3.63) is 70.0 Å². The summed E-state index contributed by atoms with van der Waals surface area (Å²) >= 11 is 5.94. The number of hydrogen-bond donors (Lipinski definition) is 0. The molecule has 2 aliphatic heterocycles. The molecule has 1 saturated heterocycles. The third-order valence-electron chi connectivity index (χ3n) is 5.56. The Morgan fingerprint density at radius 2 is 2.00 bits per heavy atom. The normalized spacial score (nSPS) is 18.7. The number of halogens is 2. The number of nitrogens with zero attached hydrogens (tertiary/aromatic N) is 1. The molecule has 1 unspecified atom stereocenters. The highest BCUT2D eigenvalue weighted by molar-refractivity contribution is 6.30. The van der Waals surface area contributed by atoms with Crippen molar-refractivity contribution in [3.63, 3.8) is 0 Å². The van der Waals surface area contributed by atoms with E-state index in [1.54, 1.807) is 17.0 Å². The number of benzene rings is 2. The first-order chi connectivity index (χ1) is 14.7. The van der Waals surface area contributed by atoms with E-state index in [1.807, 2.05) is 45.0 Å². The lowest BCUT2D eigenvalue weighted by Crippen LogP contribution is -2.42. The second-order valence-corrected chi connectivity index (χ2v) is 9.40. The van der Waals surface area contributed by atoms with Crippen molar-refractivity contribution < 1.29 is 18.7 Å². The Kier molecular flexibility index (Phi) is 5.98. The average Bonchev–Trinajstić information content (AvgIpc) is 2.72. The molecule has 31 heavy (non-hydrogen) atoms. The van der Waals surface area contributed by atoms with Gasteiger partial charge in [0.05, 0.1) is 6.04 Å². The lowest BCUT2D eigenvalue weighted by atomic mass is 9.88. The molecule has 0 saturated carbocycles. The van der Waals surface area contributed by atoms with E-state index in [1.165, 1.54) is 6.07 Å². The number of ether oxygens (including phenoxy) is 2. The summed E-state index contributed by atoms with van der Waals surface area (Å²) in [6.45, 7) is 6.58. The summed E-state index contributed by atoms with van der Waals surface area (Å²) in [6, 6.07) is 10.4. The molecule has 0 N–H and O–H groups in total. The van der Waals surface area contributed by atoms with Gasteiger partial charge in [0.1, 0.15) is 23.8 Å². The molecule has 1 amide bonds. The lowest BCUT2D eigenvalue weighted by molar-refractivity contribution is 0.00924. The van der Waals surface area contributed by atoms with Crippen LogP contribution in [0.3, 0.4) is 0 Å². The third kappa shape index (κ3) is 4.57. The predicted molar refractivity (Wildman–Crippen MR) is 120 cm³/mol. The monoisotopic (exact) mass is 443 g/mol. The van der Waals surface area contributed by atoms with Crippen LogP contribution in [-0.4, -0.2) is 29.7 Å². The van der Waals surface area contributed by atoms with Crippen LogP contribution in [0.15, 0.2) is 42.5 Å². The van der Waals surface area contributed by atoms with Crippen LogP contribution in [0.4, 0.5) is 9.18 Å². The minimum atomic E-state index is -0.562. The van der Waals surface area contributed by atoms with Crippen molar-refractivity contribution in [1.29, 1.82) is 0 Å². The molecule has 0 radical (unpaired) electrons. The van der Waals surface area contributed by atoms with E-state index >= 15 is 0 Å². The zero-order valence-corrected chi connectivity index (χ0v) is 18.8. The Balaban J connectivity index is 1.72. The fraction of sp³-hybridized carbons (Fsp3) is 0.400. The number of piperidine rings is 1. The van der Waals surface area contributed by atoms with E-state index in [9.17, 15) is 9.18 Å². The second kappa shape index (κ2) is 8.54. The summed E-state index contributed by atoms with van der Waals surface area (Å²) in [5.74, 6) is 0.333. The Morgan fingerprint density at radius 1 is 1.19 bits per heavy atom. The highest BCUT2D eigenvalue weighted by Gasteiger charge is 2.34. The Bertz CT molecular complexity index is 1030. The molecule has 0 aromatic heterocycles. The first-order valence-electron chi connectivity index (χ1n) is 10.7. The third-order valence-corrected chi connectivity index (χ3v) is 5.80. The van der Waals surface area contributed by atoms with Crippen molar-refractivity contribution in [1.82, 2.24) is 4.90 Å². The van der Waals surface area contributed by atoms with Gasteiger partial charge in [0.25, 0.3) is 0 Å². The van der Waals surface area contributed by atoms with Crippen LogP contribution in [0.1, 0.15) is 62.8 Å². The molecular formula is C25H27ClFNO3. The van der Waals surface area contributed by atoms with Crippen molar-refractivity contribution in [2.75, 3.05) is 13.2 Å². The van der Waals surface area contributed by atoms with Gasteiger partial charge < -0.3 is 14.4 Å². The van der Waals surface area contributed by atoms with Crippen LogP contribution in [0.2, 0.25) is 5.02 Å². The summed E-state index contributed by atoms with van der Waals surface area (Å²) in [7, 11) is 0. The topological polar surface area (TPSA) is 38.8 Å². The maximum Gasteiger partial charge on any atom is 0.410 e. The van der Waals surface area contributed by atoms with Crippen LogP contribution >= 0.6 is 11.6 Å². The van der Waals surface area contributed by atoms with Gasteiger partial charge in [0.15, 0.2) is 0 Å². The summed E-state index contributed by atoms with van der Waals surface area (Å²) in [4.78, 5) is 14.7. The van der Waals surface area contributed by atoms with Gasteiger partial charge in [-0.3, -0.25) is 0 Å². The average molecular weight is 444 g/mol. The second-order valence-electron chi connectivity index (χ2n) is 8.96. The van der Waals surface area contributed by atoms with E-state index in [0.29, 0.717) is 29.5 Å². The van der Waals surface area contributed by atoms with Gasteiger partial charge >= 0.3 is 6.09 Å². The summed E-state index contributed by atoms with van der Waals surface area (Å²) in [6.07, 6.45) is 4.35. The van der Waals surface area contributed by atoms with Crippen LogP contribution in [0, 0.1) is 5.82 Å². The van der Waals surface area contributed by atoms with E-state index in [0.717, 1.165) is 36.0 Å². The standard InChI is InChI=1S/C25H27ClFNO3/c1-25(2,3)31-24(29)28-13-5-4-9-22(28)20-8-6-7-19-17(12-14-30-23(19)20)18-11-10-16(26)15-21(18)27/h6-8,10-12,15,22H,4-5,9,13-14H2,1-3H3. The van der Waals surface area contributed by atoms with Gasteiger partial charge in [-0.2, -0.15) is 0 Å². The maximum absolute atomic E-state index is 14.7. The molecular weight excluding hydrogens is 417 g/mol. The number of likely N-dealkylation sites (tertiary alicyclic amines) is 1. The summed E-state index contributed by atoms with van der Waals surface area (Å²) < 4.78 is 26.4. The molecule has 2 heterocycles. The number of carbonyl (C=O) groups excluding carboxylic acids is 1. The van der Waals surface area contributed by atoms with Crippen molar-refractivity contribution in [3.8, 4) is 5.75 Å². The molecule has 2 aliphatic rings. The fourth-order valence-corrected chi connectivity index (χ4v) is 4.42. The molecule has 6 heteroatoms. The van der Waals surface area contributed by atoms with Crippen molar-refractivity contribution >= 4 is 23.3 Å². The molecule has 4 rings (SSSR count). The largest absolute Gasteiger partial charge is 0.488 e. The number of para-hydroxylation sites is 1. The predicted octanol–water partition coefficient (Wildman–Crippen LogP) is 6.77. The number of carbonyl (C=O) groups is 1. The number of fused-ring (bicyclic) bond motifs is 1. The molecule has 0 spiro atoms.